The first-order valence-electron chi connectivity index (χ1n) is 8.37. The summed E-state index contributed by atoms with van der Waals surface area (Å²) in [4.78, 5) is 0. The van der Waals surface area contributed by atoms with Gasteiger partial charge in [-0.25, -0.2) is 4.21 Å². The van der Waals surface area contributed by atoms with E-state index >= 15 is 0 Å². The van der Waals surface area contributed by atoms with Crippen LogP contribution in [0.15, 0.2) is 0 Å². The van der Waals surface area contributed by atoms with E-state index in [2.05, 4.69) is 66.2 Å². The fourth-order valence-electron chi connectivity index (χ4n) is 2.60. The third kappa shape index (κ3) is 6.48. The topological polar surface area (TPSA) is 55.8 Å². The molecule has 0 aromatic rings. The highest BCUT2D eigenvalue weighted by molar-refractivity contribution is 7.79. The third-order valence-electron chi connectivity index (χ3n) is 4.95. The minimum absolute atomic E-state index is 0.173. The van der Waals surface area contributed by atoms with E-state index in [9.17, 15) is 8.76 Å². The maximum absolute atomic E-state index is 11.5. The minimum atomic E-state index is -2.28. The SMILES string of the molecule is CC[C@](C)(O[Si](C)(C)C)[Si](C)(C)OC(C)(CS(=O)O)[Si](C)(C)C. The van der Waals surface area contributed by atoms with Gasteiger partial charge in [0.25, 0.3) is 0 Å². The quantitative estimate of drug-likeness (QED) is 0.454. The van der Waals surface area contributed by atoms with E-state index in [1.54, 1.807) is 0 Å². The molecule has 2 unspecified atom stereocenters. The van der Waals surface area contributed by atoms with Crippen molar-refractivity contribution < 1.29 is 17.6 Å². The third-order valence-corrected chi connectivity index (χ3v) is 14.9. The molecule has 140 valence electrons. The Balaban J connectivity index is 5.74. The van der Waals surface area contributed by atoms with Gasteiger partial charge in [0.2, 0.25) is 8.32 Å². The van der Waals surface area contributed by atoms with Gasteiger partial charge in [-0.05, 0) is 53.0 Å². The highest BCUT2D eigenvalue weighted by Gasteiger charge is 2.53. The molecule has 8 heteroatoms. The van der Waals surface area contributed by atoms with Gasteiger partial charge < -0.3 is 13.4 Å². The van der Waals surface area contributed by atoms with Gasteiger partial charge in [-0.1, -0.05) is 26.6 Å². The Labute approximate surface area is 149 Å². The van der Waals surface area contributed by atoms with Gasteiger partial charge in [-0.3, -0.25) is 0 Å². The van der Waals surface area contributed by atoms with Gasteiger partial charge in [0.05, 0.1) is 24.3 Å². The standard InChI is InChI=1S/C15H38O4SSi3/c1-12-14(2,18-22(7,8)9)23(10,11)19-15(3,13-20(16)17)21(4,5)6/h12-13H2,1-11H3,(H,16,17)/t14-,15?/m1/s1. The van der Waals surface area contributed by atoms with Crippen LogP contribution in [0.3, 0.4) is 0 Å². The second-order valence-electron chi connectivity index (χ2n) is 9.36. The Morgan fingerprint density at radius 3 is 1.61 bits per heavy atom. The van der Waals surface area contributed by atoms with Crippen LogP contribution in [0.5, 0.6) is 0 Å². The fraction of sp³-hybridized carbons (Fsp3) is 1.00. The van der Waals surface area contributed by atoms with Crippen molar-refractivity contribution in [2.45, 2.75) is 90.0 Å². The molecule has 0 aliphatic carbocycles. The van der Waals surface area contributed by atoms with Gasteiger partial charge in [0.15, 0.2) is 19.4 Å². The molecule has 0 aromatic heterocycles. The zero-order valence-electron chi connectivity index (χ0n) is 17.0. The molecule has 1 N–H and O–H groups in total. The molecule has 0 saturated carbocycles. The fourth-order valence-corrected chi connectivity index (χ4v) is 13.0. The van der Waals surface area contributed by atoms with Crippen molar-refractivity contribution in [3.05, 3.63) is 0 Å². The summed E-state index contributed by atoms with van der Waals surface area (Å²) >= 11 is -1.86. The van der Waals surface area contributed by atoms with Crippen LogP contribution in [-0.4, -0.2) is 49.7 Å². The van der Waals surface area contributed by atoms with Gasteiger partial charge in [0.1, 0.15) is 0 Å². The molecular weight excluding hydrogens is 360 g/mol. The Morgan fingerprint density at radius 2 is 1.35 bits per heavy atom. The first-order valence-corrected chi connectivity index (χ1v) is 19.5. The van der Waals surface area contributed by atoms with Crippen molar-refractivity contribution >= 4 is 35.8 Å². The Morgan fingerprint density at radius 1 is 0.913 bits per heavy atom. The molecule has 23 heavy (non-hydrogen) atoms. The first-order chi connectivity index (χ1) is 9.89. The van der Waals surface area contributed by atoms with Crippen LogP contribution in [0.1, 0.15) is 27.2 Å². The van der Waals surface area contributed by atoms with Crippen LogP contribution in [-0.2, 0) is 19.9 Å². The van der Waals surface area contributed by atoms with Gasteiger partial charge in [-0.15, -0.1) is 0 Å². The Hall–Kier alpha value is 0.681. The van der Waals surface area contributed by atoms with E-state index in [0.717, 1.165) is 6.42 Å². The second kappa shape index (κ2) is 7.51. The molecule has 0 fully saturated rings. The van der Waals surface area contributed by atoms with Crippen molar-refractivity contribution in [1.82, 2.24) is 0 Å². The summed E-state index contributed by atoms with van der Waals surface area (Å²) < 4.78 is 34.3. The summed E-state index contributed by atoms with van der Waals surface area (Å²) in [5, 5.41) is -0.836. The number of hydrogen-bond acceptors (Lipinski definition) is 3. The number of hydrogen-bond donors (Lipinski definition) is 1. The molecule has 0 rings (SSSR count). The van der Waals surface area contributed by atoms with Gasteiger partial charge in [0, 0.05) is 0 Å². The van der Waals surface area contributed by atoms with Crippen molar-refractivity contribution in [2.24, 2.45) is 0 Å². The zero-order chi connectivity index (χ0) is 18.9. The highest BCUT2D eigenvalue weighted by atomic mass is 32.2. The lowest BCUT2D eigenvalue weighted by atomic mass is 10.3. The molecule has 4 nitrogen and oxygen atoms in total. The molecule has 0 aliphatic rings. The van der Waals surface area contributed by atoms with E-state index in [1.165, 1.54) is 0 Å². The summed E-state index contributed by atoms with van der Waals surface area (Å²) in [5.74, 6) is 0.173. The molecular formula is C15H38O4SSi3. The van der Waals surface area contributed by atoms with Crippen LogP contribution in [0.4, 0.5) is 0 Å². The predicted octanol–water partition coefficient (Wildman–Crippen LogP) is 4.63. The molecule has 0 heterocycles. The maximum atomic E-state index is 11.5. The summed E-state index contributed by atoms with van der Waals surface area (Å²) in [6.45, 7) is 23.9. The van der Waals surface area contributed by atoms with E-state index < -0.39 is 41.0 Å². The normalized spacial score (nSPS) is 20.7. The van der Waals surface area contributed by atoms with Gasteiger partial charge >= 0.3 is 0 Å². The van der Waals surface area contributed by atoms with E-state index in [-0.39, 0.29) is 11.0 Å². The van der Waals surface area contributed by atoms with Crippen LogP contribution in [0.25, 0.3) is 0 Å². The van der Waals surface area contributed by atoms with Crippen molar-refractivity contribution in [2.75, 3.05) is 5.75 Å². The van der Waals surface area contributed by atoms with E-state index in [0.29, 0.717) is 0 Å². The van der Waals surface area contributed by atoms with Crippen molar-refractivity contribution in [3.8, 4) is 0 Å². The van der Waals surface area contributed by atoms with Crippen molar-refractivity contribution in [3.63, 3.8) is 0 Å². The van der Waals surface area contributed by atoms with Crippen molar-refractivity contribution in [1.29, 1.82) is 0 Å². The molecule has 0 aromatic carbocycles. The largest absolute Gasteiger partial charge is 0.412 e. The average Bonchev–Trinajstić information content (AvgIpc) is 2.22. The summed E-state index contributed by atoms with van der Waals surface area (Å²) in [7, 11) is -5.82. The van der Waals surface area contributed by atoms with Crippen LogP contribution >= 0.6 is 0 Å². The summed E-state index contributed by atoms with van der Waals surface area (Å²) in [5.41, 5.74) is 0. The summed E-state index contributed by atoms with van der Waals surface area (Å²) in [6, 6.07) is 0. The zero-order valence-corrected chi connectivity index (χ0v) is 20.8. The Bertz CT molecular complexity index is 431. The molecule has 0 amide bonds. The molecule has 0 radical (unpaired) electrons. The highest BCUT2D eigenvalue weighted by Crippen LogP contribution is 2.38. The monoisotopic (exact) mass is 398 g/mol. The van der Waals surface area contributed by atoms with Crippen LogP contribution in [0.2, 0.25) is 52.4 Å². The lowest BCUT2D eigenvalue weighted by molar-refractivity contribution is 0.0870. The summed E-state index contributed by atoms with van der Waals surface area (Å²) in [6.07, 6.45) is 0.889. The average molecular weight is 399 g/mol. The molecule has 0 bridgehead atoms. The van der Waals surface area contributed by atoms with E-state index in [1.807, 2.05) is 6.92 Å². The lowest BCUT2D eigenvalue weighted by Crippen LogP contribution is -2.67. The smallest absolute Gasteiger partial charge is 0.216 e. The number of rotatable bonds is 9. The molecule has 3 atom stereocenters. The first kappa shape index (κ1) is 23.7. The lowest BCUT2D eigenvalue weighted by Gasteiger charge is -2.52. The second-order valence-corrected chi connectivity index (χ2v) is 24.6. The van der Waals surface area contributed by atoms with Crippen LogP contribution in [0, 0.1) is 0 Å². The molecule has 0 spiro atoms. The predicted molar refractivity (Wildman–Crippen MR) is 109 cm³/mol. The Kier molecular flexibility index (Phi) is 7.73. The van der Waals surface area contributed by atoms with E-state index in [4.69, 9.17) is 8.85 Å². The van der Waals surface area contributed by atoms with Crippen LogP contribution < -0.4 is 0 Å². The van der Waals surface area contributed by atoms with Gasteiger partial charge in [-0.2, -0.15) is 0 Å². The minimum Gasteiger partial charge on any atom is -0.412 e. The maximum Gasteiger partial charge on any atom is 0.216 e. The molecule has 0 saturated heterocycles. The molecule has 0 aliphatic heterocycles.